The minimum atomic E-state index is -0.323. The van der Waals surface area contributed by atoms with Gasteiger partial charge in [0.15, 0.2) is 0 Å². The highest BCUT2D eigenvalue weighted by molar-refractivity contribution is 5.72. The molecular formula is C15H28O4. The third-order valence-electron chi connectivity index (χ3n) is 3.36. The Bertz CT molecular complexity index is 253. The standard InChI is InChI=1S/C15H28O4/c1-12(2)11-18-8-3-4-9-19-15(17)13-6-5-7-14(16)10-13/h12-14,16H,3-11H2,1-2H3/t13?,14-/m1/s1. The first-order chi connectivity index (χ1) is 9.09. The van der Waals surface area contributed by atoms with Crippen LogP contribution in [0.4, 0.5) is 0 Å². The van der Waals surface area contributed by atoms with Crippen molar-refractivity contribution in [3.8, 4) is 0 Å². The number of aliphatic hydroxyl groups excluding tert-OH is 1. The summed E-state index contributed by atoms with van der Waals surface area (Å²) in [5.41, 5.74) is 0. The minimum absolute atomic E-state index is 0.0964. The molecule has 1 rings (SSSR count). The van der Waals surface area contributed by atoms with Gasteiger partial charge in [-0.3, -0.25) is 4.79 Å². The topological polar surface area (TPSA) is 55.8 Å². The van der Waals surface area contributed by atoms with E-state index in [-0.39, 0.29) is 18.0 Å². The SMILES string of the molecule is CC(C)COCCCCOC(=O)C1CCC[C@@H](O)C1. The quantitative estimate of drug-likeness (QED) is 0.545. The van der Waals surface area contributed by atoms with Crippen LogP contribution in [0.3, 0.4) is 0 Å². The summed E-state index contributed by atoms with van der Waals surface area (Å²) in [4.78, 5) is 11.8. The lowest BCUT2D eigenvalue weighted by atomic mass is 9.87. The molecule has 4 nitrogen and oxygen atoms in total. The molecular weight excluding hydrogens is 244 g/mol. The van der Waals surface area contributed by atoms with Crippen molar-refractivity contribution in [3.05, 3.63) is 0 Å². The summed E-state index contributed by atoms with van der Waals surface area (Å²) >= 11 is 0. The molecule has 2 atom stereocenters. The zero-order valence-corrected chi connectivity index (χ0v) is 12.3. The molecule has 1 aliphatic rings. The largest absolute Gasteiger partial charge is 0.465 e. The highest BCUT2D eigenvalue weighted by Gasteiger charge is 2.26. The van der Waals surface area contributed by atoms with Gasteiger partial charge in [0.2, 0.25) is 0 Å². The van der Waals surface area contributed by atoms with Crippen LogP contribution in [-0.2, 0) is 14.3 Å². The van der Waals surface area contributed by atoms with E-state index in [0.717, 1.165) is 45.3 Å². The van der Waals surface area contributed by atoms with Crippen molar-refractivity contribution in [1.29, 1.82) is 0 Å². The number of unbranched alkanes of at least 4 members (excludes halogenated alkanes) is 1. The monoisotopic (exact) mass is 272 g/mol. The first-order valence-corrected chi connectivity index (χ1v) is 7.52. The predicted molar refractivity (Wildman–Crippen MR) is 73.8 cm³/mol. The molecule has 0 aromatic rings. The van der Waals surface area contributed by atoms with Crippen molar-refractivity contribution >= 4 is 5.97 Å². The molecule has 0 saturated heterocycles. The van der Waals surface area contributed by atoms with Crippen LogP contribution < -0.4 is 0 Å². The zero-order chi connectivity index (χ0) is 14.1. The van der Waals surface area contributed by atoms with E-state index in [9.17, 15) is 9.90 Å². The summed E-state index contributed by atoms with van der Waals surface area (Å²) in [5, 5.41) is 9.52. The van der Waals surface area contributed by atoms with E-state index in [1.54, 1.807) is 0 Å². The molecule has 0 aromatic carbocycles. The number of carbonyl (C=O) groups excluding carboxylic acids is 1. The Kier molecular flexibility index (Phi) is 8.07. The van der Waals surface area contributed by atoms with E-state index in [0.29, 0.717) is 18.9 Å². The third kappa shape index (κ3) is 7.53. The molecule has 1 saturated carbocycles. The van der Waals surface area contributed by atoms with Gasteiger partial charge in [0.25, 0.3) is 0 Å². The smallest absolute Gasteiger partial charge is 0.309 e. The number of hydrogen-bond acceptors (Lipinski definition) is 4. The van der Waals surface area contributed by atoms with Crippen LogP contribution in [0, 0.1) is 11.8 Å². The Morgan fingerprint density at radius 3 is 2.68 bits per heavy atom. The fourth-order valence-corrected chi connectivity index (χ4v) is 2.29. The van der Waals surface area contributed by atoms with Crippen LogP contribution >= 0.6 is 0 Å². The third-order valence-corrected chi connectivity index (χ3v) is 3.36. The first kappa shape index (κ1) is 16.4. The Balaban J connectivity index is 1.98. The maximum absolute atomic E-state index is 11.8. The highest BCUT2D eigenvalue weighted by atomic mass is 16.5. The van der Waals surface area contributed by atoms with Gasteiger partial charge in [0.1, 0.15) is 0 Å². The van der Waals surface area contributed by atoms with Crippen LogP contribution in [0.1, 0.15) is 52.4 Å². The van der Waals surface area contributed by atoms with E-state index < -0.39 is 0 Å². The lowest BCUT2D eigenvalue weighted by Crippen LogP contribution is -2.27. The fourth-order valence-electron chi connectivity index (χ4n) is 2.29. The van der Waals surface area contributed by atoms with Gasteiger partial charge in [0.05, 0.1) is 18.6 Å². The Morgan fingerprint density at radius 2 is 2.00 bits per heavy atom. The van der Waals surface area contributed by atoms with Crippen LogP contribution in [0.2, 0.25) is 0 Å². The molecule has 0 spiro atoms. The minimum Gasteiger partial charge on any atom is -0.465 e. The van der Waals surface area contributed by atoms with Crippen molar-refractivity contribution in [1.82, 2.24) is 0 Å². The Hall–Kier alpha value is -0.610. The molecule has 0 aliphatic heterocycles. The van der Waals surface area contributed by atoms with Crippen LogP contribution in [0.15, 0.2) is 0 Å². The normalized spacial score (nSPS) is 23.6. The van der Waals surface area contributed by atoms with Gasteiger partial charge in [0, 0.05) is 13.2 Å². The van der Waals surface area contributed by atoms with Crippen LogP contribution in [0.5, 0.6) is 0 Å². The fraction of sp³-hybridized carbons (Fsp3) is 0.933. The van der Waals surface area contributed by atoms with E-state index >= 15 is 0 Å². The van der Waals surface area contributed by atoms with Gasteiger partial charge in [-0.2, -0.15) is 0 Å². The molecule has 0 amide bonds. The number of rotatable bonds is 8. The summed E-state index contributed by atoms with van der Waals surface area (Å²) in [5.74, 6) is 0.332. The molecule has 1 fully saturated rings. The molecule has 1 N–H and O–H groups in total. The summed E-state index contributed by atoms with van der Waals surface area (Å²) < 4.78 is 10.7. The Labute approximate surface area is 116 Å². The second kappa shape index (κ2) is 9.32. The molecule has 0 aromatic heterocycles. The van der Waals surface area contributed by atoms with E-state index in [1.165, 1.54) is 0 Å². The van der Waals surface area contributed by atoms with E-state index in [2.05, 4.69) is 13.8 Å². The second-order valence-corrected chi connectivity index (χ2v) is 5.86. The second-order valence-electron chi connectivity index (χ2n) is 5.86. The lowest BCUT2D eigenvalue weighted by Gasteiger charge is -2.24. The molecule has 0 radical (unpaired) electrons. The maximum atomic E-state index is 11.8. The number of hydrogen-bond donors (Lipinski definition) is 1. The molecule has 4 heteroatoms. The molecule has 0 heterocycles. The highest BCUT2D eigenvalue weighted by Crippen LogP contribution is 2.25. The average molecular weight is 272 g/mol. The number of esters is 1. The summed E-state index contributed by atoms with van der Waals surface area (Å²) in [7, 11) is 0. The van der Waals surface area contributed by atoms with Gasteiger partial charge in [-0.15, -0.1) is 0 Å². The van der Waals surface area contributed by atoms with Crippen LogP contribution in [0.25, 0.3) is 0 Å². The van der Waals surface area contributed by atoms with Gasteiger partial charge in [-0.05, 0) is 38.0 Å². The summed E-state index contributed by atoms with van der Waals surface area (Å²) in [6.07, 6.45) is 4.60. The molecule has 112 valence electrons. The average Bonchev–Trinajstić information content (AvgIpc) is 2.37. The maximum Gasteiger partial charge on any atom is 0.309 e. The number of aliphatic hydroxyl groups is 1. The van der Waals surface area contributed by atoms with Crippen LogP contribution in [-0.4, -0.2) is 37.0 Å². The first-order valence-electron chi connectivity index (χ1n) is 7.52. The van der Waals surface area contributed by atoms with Crippen molar-refractivity contribution in [2.75, 3.05) is 19.8 Å². The number of ether oxygens (including phenoxy) is 2. The lowest BCUT2D eigenvalue weighted by molar-refractivity contribution is -0.151. The zero-order valence-electron chi connectivity index (χ0n) is 12.3. The van der Waals surface area contributed by atoms with Gasteiger partial charge in [-0.1, -0.05) is 20.3 Å². The van der Waals surface area contributed by atoms with E-state index in [1.807, 2.05) is 0 Å². The number of carbonyl (C=O) groups is 1. The molecule has 1 unspecified atom stereocenters. The molecule has 0 bridgehead atoms. The Morgan fingerprint density at radius 1 is 1.26 bits per heavy atom. The molecule has 1 aliphatic carbocycles. The van der Waals surface area contributed by atoms with Gasteiger partial charge in [-0.25, -0.2) is 0 Å². The predicted octanol–water partition coefficient (Wildman–Crippen LogP) is 2.53. The van der Waals surface area contributed by atoms with Gasteiger partial charge < -0.3 is 14.6 Å². The van der Waals surface area contributed by atoms with Crippen molar-refractivity contribution in [2.45, 2.75) is 58.5 Å². The summed E-state index contributed by atoms with van der Waals surface area (Å²) in [6, 6.07) is 0. The molecule has 19 heavy (non-hydrogen) atoms. The van der Waals surface area contributed by atoms with Crippen molar-refractivity contribution in [2.24, 2.45) is 11.8 Å². The summed E-state index contributed by atoms with van der Waals surface area (Å²) in [6.45, 7) is 6.24. The van der Waals surface area contributed by atoms with E-state index in [4.69, 9.17) is 9.47 Å². The van der Waals surface area contributed by atoms with Gasteiger partial charge >= 0.3 is 5.97 Å². The van der Waals surface area contributed by atoms with Crippen molar-refractivity contribution in [3.63, 3.8) is 0 Å². The van der Waals surface area contributed by atoms with Crippen molar-refractivity contribution < 1.29 is 19.4 Å².